The second-order valence-corrected chi connectivity index (χ2v) is 7.25. The highest BCUT2D eigenvalue weighted by Gasteiger charge is 2.38. The molecule has 26 heavy (non-hydrogen) atoms. The second-order valence-electron chi connectivity index (χ2n) is 7.25. The maximum atomic E-state index is 13.0. The van der Waals surface area contributed by atoms with Gasteiger partial charge in [0, 0.05) is 12.5 Å². The van der Waals surface area contributed by atoms with Crippen LogP contribution >= 0.6 is 12.4 Å². The van der Waals surface area contributed by atoms with Crippen LogP contribution in [-0.2, 0) is 9.53 Å². The Kier molecular flexibility index (Phi) is 6.81. The molecule has 0 aliphatic carbocycles. The van der Waals surface area contributed by atoms with Crippen LogP contribution in [0.25, 0.3) is 0 Å². The lowest BCUT2D eigenvalue weighted by Gasteiger charge is -2.45. The van der Waals surface area contributed by atoms with Crippen molar-refractivity contribution >= 4 is 18.3 Å². The lowest BCUT2D eigenvalue weighted by molar-refractivity contribution is -0.155. The zero-order valence-corrected chi connectivity index (χ0v) is 16.1. The maximum absolute atomic E-state index is 13.0. The molecule has 1 saturated heterocycles. The van der Waals surface area contributed by atoms with E-state index in [0.29, 0.717) is 19.6 Å². The smallest absolute Gasteiger partial charge is 0.225 e. The predicted octanol–water partition coefficient (Wildman–Crippen LogP) is 3.88. The maximum Gasteiger partial charge on any atom is 0.225 e. The molecule has 5 heteroatoms. The number of rotatable bonds is 4. The molecule has 1 heterocycles. The third-order valence-corrected chi connectivity index (χ3v) is 4.81. The molecule has 2 unspecified atom stereocenters. The molecule has 0 aromatic heterocycles. The molecule has 4 nitrogen and oxygen atoms in total. The van der Waals surface area contributed by atoms with E-state index in [1.807, 2.05) is 79.4 Å². The molecule has 140 valence electrons. The summed E-state index contributed by atoms with van der Waals surface area (Å²) in [5.41, 5.74) is 8.01. The van der Waals surface area contributed by atoms with Gasteiger partial charge in [0.15, 0.2) is 0 Å². The van der Waals surface area contributed by atoms with E-state index in [-0.39, 0.29) is 36.0 Å². The van der Waals surface area contributed by atoms with Crippen LogP contribution in [0.15, 0.2) is 60.7 Å². The van der Waals surface area contributed by atoms with Gasteiger partial charge < -0.3 is 15.4 Å². The van der Waals surface area contributed by atoms with Crippen LogP contribution in [0.2, 0.25) is 0 Å². The van der Waals surface area contributed by atoms with E-state index >= 15 is 0 Å². The first-order valence-electron chi connectivity index (χ1n) is 8.75. The highest BCUT2D eigenvalue weighted by molar-refractivity contribution is 5.85. The number of hydrogen-bond donors (Lipinski definition) is 1. The van der Waals surface area contributed by atoms with Crippen molar-refractivity contribution in [2.45, 2.75) is 38.0 Å². The zero-order valence-electron chi connectivity index (χ0n) is 15.3. The van der Waals surface area contributed by atoms with Gasteiger partial charge in [-0.1, -0.05) is 60.7 Å². The van der Waals surface area contributed by atoms with Gasteiger partial charge in [-0.25, -0.2) is 0 Å². The molecular formula is C21H27ClN2O2. The molecule has 2 aromatic carbocycles. The summed E-state index contributed by atoms with van der Waals surface area (Å²) in [6.07, 6.45) is 0.209. The fraction of sp³-hybridized carbons (Fsp3) is 0.381. The average Bonchev–Trinajstić information content (AvgIpc) is 2.63. The molecule has 0 spiro atoms. The highest BCUT2D eigenvalue weighted by atomic mass is 35.5. The average molecular weight is 375 g/mol. The Balaban J connectivity index is 0.00000243. The molecule has 2 N–H and O–H groups in total. The number of nitrogens with two attached hydrogens (primary N) is 1. The minimum Gasteiger partial charge on any atom is -0.369 e. The number of amides is 1. The van der Waals surface area contributed by atoms with E-state index in [1.165, 1.54) is 0 Å². The van der Waals surface area contributed by atoms with E-state index in [1.54, 1.807) is 0 Å². The van der Waals surface area contributed by atoms with Gasteiger partial charge in [-0.3, -0.25) is 4.79 Å². The number of halogens is 1. The van der Waals surface area contributed by atoms with Crippen LogP contribution in [0, 0.1) is 0 Å². The van der Waals surface area contributed by atoms with Crippen LogP contribution in [-0.4, -0.2) is 29.5 Å². The molecule has 1 aliphatic rings. The first-order valence-corrected chi connectivity index (χ1v) is 8.75. The number of carbonyl (C=O) groups is 1. The summed E-state index contributed by atoms with van der Waals surface area (Å²) < 4.78 is 6.02. The van der Waals surface area contributed by atoms with E-state index < -0.39 is 0 Å². The lowest BCUT2D eigenvalue weighted by atomic mass is 9.96. The standard InChI is InChI=1S/C21H26N2O2.ClH/c1-21(2)15-25-19(17-11-7-4-8-12-17)14-23(21)20(24)13-18(22)16-9-5-3-6-10-16;/h3-12,18-19H,13-15,22H2,1-2H3;1H. The normalized spacial score (nSPS) is 20.1. The minimum atomic E-state index is -0.335. The van der Waals surface area contributed by atoms with Gasteiger partial charge in [0.25, 0.3) is 0 Å². The predicted molar refractivity (Wildman–Crippen MR) is 106 cm³/mol. The molecule has 0 saturated carbocycles. The second kappa shape index (κ2) is 8.67. The van der Waals surface area contributed by atoms with E-state index in [2.05, 4.69) is 0 Å². The van der Waals surface area contributed by atoms with Gasteiger partial charge in [-0.15, -0.1) is 12.4 Å². The van der Waals surface area contributed by atoms with Crippen molar-refractivity contribution in [2.24, 2.45) is 5.73 Å². The summed E-state index contributed by atoms with van der Waals surface area (Å²) in [4.78, 5) is 14.9. The first kappa shape index (κ1) is 20.4. The van der Waals surface area contributed by atoms with Crippen LogP contribution in [0.3, 0.4) is 0 Å². The molecule has 1 fully saturated rings. The number of morpholine rings is 1. The highest BCUT2D eigenvalue weighted by Crippen LogP contribution is 2.31. The Morgan fingerprint density at radius 1 is 1.15 bits per heavy atom. The molecule has 1 amide bonds. The van der Waals surface area contributed by atoms with Gasteiger partial charge in [0.2, 0.25) is 5.91 Å². The Bertz CT molecular complexity index is 706. The monoisotopic (exact) mass is 374 g/mol. The number of ether oxygens (including phenoxy) is 1. The summed E-state index contributed by atoms with van der Waals surface area (Å²) in [5.74, 6) is 0.0746. The molecule has 0 radical (unpaired) electrons. The zero-order chi connectivity index (χ0) is 17.9. The van der Waals surface area contributed by atoms with Gasteiger partial charge in [0.1, 0.15) is 6.10 Å². The van der Waals surface area contributed by atoms with Gasteiger partial charge in [-0.2, -0.15) is 0 Å². The summed E-state index contributed by atoms with van der Waals surface area (Å²) >= 11 is 0. The van der Waals surface area contributed by atoms with Crippen LogP contribution in [0.4, 0.5) is 0 Å². The number of nitrogens with zero attached hydrogens (tertiary/aromatic N) is 1. The molecule has 1 aliphatic heterocycles. The molecule has 3 rings (SSSR count). The third-order valence-electron chi connectivity index (χ3n) is 4.81. The Morgan fingerprint density at radius 3 is 2.35 bits per heavy atom. The van der Waals surface area contributed by atoms with E-state index in [9.17, 15) is 4.79 Å². The van der Waals surface area contributed by atoms with Crippen molar-refractivity contribution in [3.05, 3.63) is 71.8 Å². The van der Waals surface area contributed by atoms with Gasteiger partial charge >= 0.3 is 0 Å². The van der Waals surface area contributed by atoms with Crippen LogP contribution in [0.5, 0.6) is 0 Å². The molecular weight excluding hydrogens is 348 g/mol. The largest absolute Gasteiger partial charge is 0.369 e. The number of carbonyl (C=O) groups excluding carboxylic acids is 1. The van der Waals surface area contributed by atoms with Crippen molar-refractivity contribution in [3.8, 4) is 0 Å². The van der Waals surface area contributed by atoms with Gasteiger partial charge in [0.05, 0.1) is 18.7 Å². The summed E-state index contributed by atoms with van der Waals surface area (Å²) in [6.45, 7) is 5.15. The van der Waals surface area contributed by atoms with E-state index in [4.69, 9.17) is 10.5 Å². The van der Waals surface area contributed by atoms with Crippen molar-refractivity contribution in [3.63, 3.8) is 0 Å². The van der Waals surface area contributed by atoms with Crippen molar-refractivity contribution in [2.75, 3.05) is 13.2 Å². The van der Waals surface area contributed by atoms with Crippen LogP contribution in [0.1, 0.15) is 43.5 Å². The fourth-order valence-electron chi connectivity index (χ4n) is 3.27. The van der Waals surface area contributed by atoms with E-state index in [0.717, 1.165) is 11.1 Å². The summed E-state index contributed by atoms with van der Waals surface area (Å²) in [6, 6.07) is 19.6. The minimum absolute atomic E-state index is 0. The Labute approximate surface area is 161 Å². The van der Waals surface area contributed by atoms with Gasteiger partial charge in [-0.05, 0) is 25.0 Å². The Hall–Kier alpha value is -1.88. The first-order chi connectivity index (χ1) is 12.0. The van der Waals surface area contributed by atoms with Crippen molar-refractivity contribution in [1.82, 2.24) is 4.90 Å². The lowest BCUT2D eigenvalue weighted by Crippen LogP contribution is -2.56. The van der Waals surface area contributed by atoms with Crippen molar-refractivity contribution in [1.29, 1.82) is 0 Å². The topological polar surface area (TPSA) is 55.6 Å². The number of hydrogen-bond acceptors (Lipinski definition) is 3. The SMILES string of the molecule is CC1(C)COC(c2ccccc2)CN1C(=O)CC(N)c1ccccc1.Cl. The fourth-order valence-corrected chi connectivity index (χ4v) is 3.27. The molecule has 0 bridgehead atoms. The van der Waals surface area contributed by atoms with Crippen molar-refractivity contribution < 1.29 is 9.53 Å². The third kappa shape index (κ3) is 4.64. The molecule has 2 atom stereocenters. The number of benzene rings is 2. The van der Waals surface area contributed by atoms with Crippen LogP contribution < -0.4 is 5.73 Å². The quantitative estimate of drug-likeness (QED) is 0.883. The summed E-state index contributed by atoms with van der Waals surface area (Å²) in [7, 11) is 0. The summed E-state index contributed by atoms with van der Waals surface area (Å²) in [5, 5.41) is 0. The Morgan fingerprint density at radius 2 is 1.73 bits per heavy atom. The molecule has 2 aromatic rings.